The van der Waals surface area contributed by atoms with E-state index >= 15 is 0 Å². The highest BCUT2D eigenvalue weighted by molar-refractivity contribution is 5.73. The van der Waals surface area contributed by atoms with Crippen molar-refractivity contribution in [3.8, 4) is 39.9 Å². The number of hydrogen-bond donors (Lipinski definition) is 3. The minimum absolute atomic E-state index is 0.126. The molecule has 9 heteroatoms. The second-order valence-electron chi connectivity index (χ2n) is 8.50. The number of carboxylic acid groups (broad SMARTS) is 1. The second-order valence-corrected chi connectivity index (χ2v) is 8.50. The van der Waals surface area contributed by atoms with Crippen molar-refractivity contribution < 1.29 is 38.7 Å². The van der Waals surface area contributed by atoms with Crippen LogP contribution in [0.25, 0.3) is 11.1 Å². The molecule has 0 spiro atoms. The first-order valence-electron chi connectivity index (χ1n) is 11.9. The van der Waals surface area contributed by atoms with E-state index in [9.17, 15) is 15.0 Å². The number of benzene rings is 3. The van der Waals surface area contributed by atoms with Gasteiger partial charge in [0.2, 0.25) is 0 Å². The van der Waals surface area contributed by atoms with Gasteiger partial charge in [0.05, 0.1) is 26.4 Å². The predicted molar refractivity (Wildman–Crippen MR) is 137 cm³/mol. The van der Waals surface area contributed by atoms with Crippen molar-refractivity contribution in [2.75, 3.05) is 34.0 Å². The van der Waals surface area contributed by atoms with Gasteiger partial charge >= 0.3 is 5.97 Å². The molecule has 0 fully saturated rings. The molecule has 37 heavy (non-hydrogen) atoms. The van der Waals surface area contributed by atoms with Gasteiger partial charge in [-0.1, -0.05) is 24.3 Å². The first kappa shape index (κ1) is 26.1. The fourth-order valence-corrected chi connectivity index (χ4v) is 4.20. The summed E-state index contributed by atoms with van der Waals surface area (Å²) in [6.07, 6.45) is 0. The molecule has 0 radical (unpaired) electrons. The highest BCUT2D eigenvalue weighted by Gasteiger charge is 2.20. The molecule has 1 aliphatic heterocycles. The number of fused-ring (bicyclic) bond motifs is 1. The molecular weight excluding hydrogens is 478 g/mol. The lowest BCUT2D eigenvalue weighted by Crippen LogP contribution is -2.39. The van der Waals surface area contributed by atoms with Crippen LogP contribution in [0.5, 0.6) is 28.7 Å². The quantitative estimate of drug-likeness (QED) is 0.357. The van der Waals surface area contributed by atoms with Crippen LogP contribution in [0.1, 0.15) is 16.7 Å². The van der Waals surface area contributed by atoms with Crippen LogP contribution in [0.3, 0.4) is 0 Å². The predicted octanol–water partition coefficient (Wildman–Crippen LogP) is 3.56. The molecular formula is C28H31NO8. The lowest BCUT2D eigenvalue weighted by Gasteiger charge is -2.20. The molecule has 3 aromatic carbocycles. The number of carbonyl (C=O) groups is 1. The number of aliphatic hydroxyl groups excluding tert-OH is 1. The van der Waals surface area contributed by atoms with Gasteiger partial charge in [0, 0.05) is 18.7 Å². The van der Waals surface area contributed by atoms with Crippen LogP contribution in [0.2, 0.25) is 0 Å². The molecule has 0 bridgehead atoms. The first-order chi connectivity index (χ1) is 17.9. The van der Waals surface area contributed by atoms with Gasteiger partial charge in [-0.25, -0.2) is 0 Å². The van der Waals surface area contributed by atoms with Crippen LogP contribution in [-0.4, -0.2) is 56.3 Å². The topological polar surface area (TPSA) is 116 Å². The number of aliphatic carboxylic acids is 1. The standard InChI is InChI=1S/C28H31NO8/c1-17-19(5-4-6-21(17)18-7-8-24-27(11-18)36-10-9-35-24)16-37-20-12-25(33-2)22(26(13-20)34-3)14-29-23(15-30)28(31)32/h4-8,11-13,23,29-30H,9-10,14-16H2,1-3H3,(H,31,32). The molecule has 0 aliphatic carbocycles. The second kappa shape index (κ2) is 11.9. The Balaban J connectivity index is 1.53. The molecule has 0 saturated heterocycles. The van der Waals surface area contributed by atoms with E-state index < -0.39 is 18.6 Å². The maximum Gasteiger partial charge on any atom is 0.323 e. The zero-order chi connectivity index (χ0) is 26.4. The summed E-state index contributed by atoms with van der Waals surface area (Å²) in [5.41, 5.74) is 4.83. The molecule has 1 aliphatic rings. The van der Waals surface area contributed by atoms with E-state index in [-0.39, 0.29) is 6.54 Å². The monoisotopic (exact) mass is 509 g/mol. The molecule has 1 heterocycles. The zero-order valence-corrected chi connectivity index (χ0v) is 21.1. The van der Waals surface area contributed by atoms with Crippen LogP contribution in [-0.2, 0) is 17.9 Å². The number of nitrogens with one attached hydrogen (secondary N) is 1. The van der Waals surface area contributed by atoms with Crippen LogP contribution in [0, 0.1) is 6.92 Å². The van der Waals surface area contributed by atoms with Gasteiger partial charge in [0.15, 0.2) is 11.5 Å². The Kier molecular flexibility index (Phi) is 8.37. The van der Waals surface area contributed by atoms with Crippen molar-refractivity contribution in [2.45, 2.75) is 26.1 Å². The van der Waals surface area contributed by atoms with Crippen molar-refractivity contribution in [2.24, 2.45) is 0 Å². The molecule has 0 saturated carbocycles. The van der Waals surface area contributed by atoms with Crippen molar-refractivity contribution >= 4 is 5.97 Å². The maximum atomic E-state index is 11.2. The van der Waals surface area contributed by atoms with E-state index in [1.165, 1.54) is 14.2 Å². The number of aliphatic hydroxyl groups is 1. The summed E-state index contributed by atoms with van der Waals surface area (Å²) >= 11 is 0. The van der Waals surface area contributed by atoms with Crippen LogP contribution < -0.4 is 29.0 Å². The third-order valence-electron chi connectivity index (χ3n) is 6.28. The van der Waals surface area contributed by atoms with E-state index in [1.54, 1.807) is 12.1 Å². The molecule has 9 nitrogen and oxygen atoms in total. The third kappa shape index (κ3) is 5.90. The summed E-state index contributed by atoms with van der Waals surface area (Å²) in [4.78, 5) is 11.2. The number of methoxy groups -OCH3 is 2. The summed E-state index contributed by atoms with van der Waals surface area (Å²) in [7, 11) is 3.04. The third-order valence-corrected chi connectivity index (χ3v) is 6.28. The minimum Gasteiger partial charge on any atom is -0.496 e. The van der Waals surface area contributed by atoms with Gasteiger partial charge in [0.1, 0.15) is 43.1 Å². The number of carboxylic acids is 1. The van der Waals surface area contributed by atoms with E-state index in [0.29, 0.717) is 42.6 Å². The SMILES string of the molecule is COc1cc(OCc2cccc(-c3ccc4c(c3)OCCO4)c2C)cc(OC)c1CNC(CO)C(=O)O. The smallest absolute Gasteiger partial charge is 0.323 e. The van der Waals surface area contributed by atoms with E-state index in [4.69, 9.17) is 23.7 Å². The van der Waals surface area contributed by atoms with Gasteiger partial charge in [-0.2, -0.15) is 0 Å². The molecule has 0 aromatic heterocycles. The molecule has 196 valence electrons. The Hall–Kier alpha value is -3.95. The van der Waals surface area contributed by atoms with Crippen molar-refractivity contribution in [3.63, 3.8) is 0 Å². The summed E-state index contributed by atoms with van der Waals surface area (Å²) in [5.74, 6) is 1.85. The zero-order valence-electron chi connectivity index (χ0n) is 21.1. The molecule has 3 aromatic rings. The number of ether oxygens (including phenoxy) is 5. The van der Waals surface area contributed by atoms with Crippen molar-refractivity contribution in [3.05, 3.63) is 65.2 Å². The largest absolute Gasteiger partial charge is 0.496 e. The maximum absolute atomic E-state index is 11.2. The lowest BCUT2D eigenvalue weighted by atomic mass is 9.96. The molecule has 1 atom stereocenters. The molecule has 3 N–H and O–H groups in total. The Labute approximate surface area is 215 Å². The highest BCUT2D eigenvalue weighted by Crippen LogP contribution is 2.37. The van der Waals surface area contributed by atoms with Gasteiger partial charge in [0.25, 0.3) is 0 Å². The van der Waals surface area contributed by atoms with Crippen molar-refractivity contribution in [1.82, 2.24) is 5.32 Å². The van der Waals surface area contributed by atoms with Gasteiger partial charge < -0.3 is 33.9 Å². The van der Waals surface area contributed by atoms with Gasteiger partial charge in [-0.15, -0.1) is 0 Å². The normalized spacial score (nSPS) is 13.1. The molecule has 4 rings (SSSR count). The molecule has 1 unspecified atom stereocenters. The lowest BCUT2D eigenvalue weighted by molar-refractivity contribution is -0.140. The Morgan fingerprint density at radius 1 is 1.03 bits per heavy atom. The van der Waals surface area contributed by atoms with Crippen LogP contribution >= 0.6 is 0 Å². The Morgan fingerprint density at radius 3 is 2.38 bits per heavy atom. The Morgan fingerprint density at radius 2 is 1.73 bits per heavy atom. The number of rotatable bonds is 11. The van der Waals surface area contributed by atoms with Gasteiger partial charge in [-0.3, -0.25) is 10.1 Å². The summed E-state index contributed by atoms with van der Waals surface area (Å²) < 4.78 is 28.5. The summed E-state index contributed by atoms with van der Waals surface area (Å²) in [5, 5.41) is 21.2. The highest BCUT2D eigenvalue weighted by atomic mass is 16.6. The van der Waals surface area contributed by atoms with Crippen molar-refractivity contribution in [1.29, 1.82) is 0 Å². The number of hydrogen-bond acceptors (Lipinski definition) is 8. The fourth-order valence-electron chi connectivity index (χ4n) is 4.20. The fraction of sp³-hybridized carbons (Fsp3) is 0.321. The molecule has 0 amide bonds. The minimum atomic E-state index is -1.14. The first-order valence-corrected chi connectivity index (χ1v) is 11.9. The Bertz CT molecular complexity index is 1230. The summed E-state index contributed by atoms with van der Waals surface area (Å²) in [6.45, 7) is 3.05. The van der Waals surface area contributed by atoms with E-state index in [1.807, 2.05) is 30.3 Å². The van der Waals surface area contributed by atoms with Crippen LogP contribution in [0.15, 0.2) is 48.5 Å². The average Bonchev–Trinajstić information content (AvgIpc) is 2.92. The summed E-state index contributed by atoms with van der Waals surface area (Å²) in [6, 6.07) is 14.4. The van der Waals surface area contributed by atoms with E-state index in [0.717, 1.165) is 33.8 Å². The van der Waals surface area contributed by atoms with Crippen LogP contribution in [0.4, 0.5) is 0 Å². The van der Waals surface area contributed by atoms with E-state index in [2.05, 4.69) is 18.3 Å². The average molecular weight is 510 g/mol. The van der Waals surface area contributed by atoms with Gasteiger partial charge in [-0.05, 0) is 41.3 Å².